The number of rotatable bonds is 5. The summed E-state index contributed by atoms with van der Waals surface area (Å²) in [4.78, 5) is 18.0. The third-order valence-corrected chi connectivity index (χ3v) is 5.31. The lowest BCUT2D eigenvalue weighted by molar-refractivity contribution is 0.0924. The lowest BCUT2D eigenvalue weighted by Crippen LogP contribution is -2.32. The summed E-state index contributed by atoms with van der Waals surface area (Å²) < 4.78 is 4.02. The Balaban J connectivity index is 1.60. The number of nitrogens with one attached hydrogen (secondary N) is 2. The Morgan fingerprint density at radius 3 is 3.08 bits per heavy atom. The van der Waals surface area contributed by atoms with Crippen LogP contribution in [0.3, 0.4) is 0 Å². The maximum Gasteiger partial charge on any atom is 0.272 e. The van der Waals surface area contributed by atoms with Gasteiger partial charge in [-0.2, -0.15) is 0 Å². The van der Waals surface area contributed by atoms with Crippen LogP contribution in [-0.4, -0.2) is 43.1 Å². The number of hydrogen-bond donors (Lipinski definition) is 2. The quantitative estimate of drug-likeness (QED) is 0.710. The average molecular weight is 373 g/mol. The molecule has 0 radical (unpaired) electrons. The normalized spacial score (nSPS) is 15.8. The van der Waals surface area contributed by atoms with E-state index in [4.69, 9.17) is 0 Å². The number of carbonyl (C=O) groups is 1. The van der Waals surface area contributed by atoms with Crippen molar-refractivity contribution in [1.29, 1.82) is 0 Å². The Labute approximate surface area is 155 Å². The monoisotopic (exact) mass is 373 g/mol. The van der Waals surface area contributed by atoms with E-state index in [0.717, 1.165) is 49.1 Å². The summed E-state index contributed by atoms with van der Waals surface area (Å²) in [5, 5.41) is 17.2. The van der Waals surface area contributed by atoms with Crippen molar-refractivity contribution in [3.05, 3.63) is 35.1 Å². The van der Waals surface area contributed by atoms with Gasteiger partial charge in [0.25, 0.3) is 5.91 Å². The highest BCUT2D eigenvalue weighted by molar-refractivity contribution is 7.15. The van der Waals surface area contributed by atoms with Gasteiger partial charge in [0, 0.05) is 43.8 Å². The van der Waals surface area contributed by atoms with Crippen LogP contribution in [-0.2, 0) is 13.0 Å². The van der Waals surface area contributed by atoms with Gasteiger partial charge in [-0.1, -0.05) is 13.8 Å². The van der Waals surface area contributed by atoms with E-state index in [0.29, 0.717) is 11.6 Å². The van der Waals surface area contributed by atoms with Crippen LogP contribution in [0.4, 0.5) is 0 Å². The van der Waals surface area contributed by atoms with Crippen molar-refractivity contribution in [3.8, 4) is 0 Å². The Bertz CT molecular complexity index is 881. The van der Waals surface area contributed by atoms with Crippen molar-refractivity contribution in [2.45, 2.75) is 39.3 Å². The van der Waals surface area contributed by atoms with Crippen LogP contribution < -0.4 is 10.6 Å². The van der Waals surface area contributed by atoms with E-state index in [1.165, 1.54) is 11.3 Å². The summed E-state index contributed by atoms with van der Waals surface area (Å²) >= 11 is 1.51. The van der Waals surface area contributed by atoms with Crippen LogP contribution in [0.5, 0.6) is 0 Å². The molecule has 3 aromatic heterocycles. The molecule has 0 unspecified atom stereocenters. The van der Waals surface area contributed by atoms with E-state index in [-0.39, 0.29) is 11.9 Å². The first kappa shape index (κ1) is 17.2. The first-order valence-corrected chi connectivity index (χ1v) is 9.85. The van der Waals surface area contributed by atoms with E-state index >= 15 is 0 Å². The van der Waals surface area contributed by atoms with Crippen LogP contribution in [0.25, 0.3) is 4.96 Å². The molecule has 9 heteroatoms. The average Bonchev–Trinajstić information content (AvgIpc) is 3.25. The van der Waals surface area contributed by atoms with Crippen molar-refractivity contribution in [2.24, 2.45) is 5.92 Å². The smallest absolute Gasteiger partial charge is 0.272 e. The highest BCUT2D eigenvalue weighted by Crippen LogP contribution is 2.22. The second-order valence-corrected chi connectivity index (χ2v) is 7.87. The molecule has 26 heavy (non-hydrogen) atoms. The molecule has 4 heterocycles. The first-order chi connectivity index (χ1) is 12.6. The zero-order valence-electron chi connectivity index (χ0n) is 15.0. The van der Waals surface area contributed by atoms with Gasteiger partial charge in [0.15, 0.2) is 10.8 Å². The van der Waals surface area contributed by atoms with Crippen molar-refractivity contribution in [2.75, 3.05) is 13.1 Å². The van der Waals surface area contributed by atoms with Crippen LogP contribution in [0.2, 0.25) is 0 Å². The van der Waals surface area contributed by atoms with E-state index < -0.39 is 0 Å². The lowest BCUT2D eigenvalue weighted by atomic mass is 10.0. The molecule has 3 aromatic rings. The molecule has 4 rings (SSSR count). The Morgan fingerprint density at radius 2 is 2.27 bits per heavy atom. The molecule has 0 aliphatic carbocycles. The number of hydrogen-bond acceptors (Lipinski definition) is 6. The fourth-order valence-corrected chi connectivity index (χ4v) is 4.02. The topological polar surface area (TPSA) is 89.1 Å². The molecule has 0 spiro atoms. The van der Waals surface area contributed by atoms with Crippen molar-refractivity contribution < 1.29 is 4.79 Å². The number of amides is 1. The molecule has 2 N–H and O–H groups in total. The van der Waals surface area contributed by atoms with E-state index in [2.05, 4.69) is 44.2 Å². The van der Waals surface area contributed by atoms with E-state index in [1.54, 1.807) is 6.20 Å². The highest BCUT2D eigenvalue weighted by Gasteiger charge is 2.26. The largest absolute Gasteiger partial charge is 0.341 e. The predicted octanol–water partition coefficient (Wildman–Crippen LogP) is 1.65. The number of carbonyl (C=O) groups excluding carboxylic acids is 1. The Hall–Kier alpha value is -2.26. The molecule has 0 saturated heterocycles. The summed E-state index contributed by atoms with van der Waals surface area (Å²) in [5.41, 5.74) is 0.433. The molecule has 138 valence electrons. The maximum absolute atomic E-state index is 12.8. The van der Waals surface area contributed by atoms with Crippen molar-refractivity contribution in [1.82, 2.24) is 34.8 Å². The summed E-state index contributed by atoms with van der Waals surface area (Å²) in [7, 11) is 0. The van der Waals surface area contributed by atoms with Crippen LogP contribution in [0.1, 0.15) is 48.4 Å². The lowest BCUT2D eigenvalue weighted by Gasteiger charge is -2.20. The van der Waals surface area contributed by atoms with Crippen molar-refractivity contribution in [3.63, 3.8) is 0 Å². The predicted molar refractivity (Wildman–Crippen MR) is 99.3 cm³/mol. The fourth-order valence-electron chi connectivity index (χ4n) is 3.32. The highest BCUT2D eigenvalue weighted by atomic mass is 32.1. The van der Waals surface area contributed by atoms with Gasteiger partial charge in [-0.25, -0.2) is 4.98 Å². The van der Waals surface area contributed by atoms with Crippen LogP contribution in [0, 0.1) is 5.92 Å². The molecule has 0 bridgehead atoms. The van der Waals surface area contributed by atoms with Gasteiger partial charge in [-0.3, -0.25) is 9.20 Å². The van der Waals surface area contributed by atoms with Gasteiger partial charge in [-0.15, -0.1) is 21.5 Å². The minimum Gasteiger partial charge on any atom is -0.341 e. The molecular formula is C17H23N7OS. The molecule has 1 amide bonds. The fraction of sp³-hybridized carbons (Fsp3) is 0.529. The van der Waals surface area contributed by atoms with Gasteiger partial charge in [0.05, 0.1) is 6.04 Å². The number of nitrogens with zero attached hydrogens (tertiary/aromatic N) is 5. The first-order valence-electron chi connectivity index (χ1n) is 8.97. The minimum atomic E-state index is -0.179. The maximum atomic E-state index is 12.8. The Kier molecular flexibility index (Phi) is 4.73. The van der Waals surface area contributed by atoms with Gasteiger partial charge in [0.2, 0.25) is 0 Å². The third-order valence-electron chi connectivity index (χ3n) is 4.54. The third kappa shape index (κ3) is 3.36. The van der Waals surface area contributed by atoms with E-state index in [1.807, 2.05) is 16.0 Å². The van der Waals surface area contributed by atoms with Crippen LogP contribution >= 0.6 is 11.3 Å². The SMILES string of the molecule is CC(C)C[C@H](NC(=O)c1cn2ccsc2n1)c1nnc2n1CCNCC2. The summed E-state index contributed by atoms with van der Waals surface area (Å²) in [5.74, 6) is 2.07. The standard InChI is InChI=1S/C17H23N7OS/c1-11(2)9-12(15-22-21-14-3-4-18-5-6-24(14)15)19-16(25)13-10-23-7-8-26-17(23)20-13/h7-8,10-12,18H,3-6,9H2,1-2H3,(H,19,25)/t12-/m0/s1. The molecule has 0 fully saturated rings. The zero-order valence-corrected chi connectivity index (χ0v) is 15.8. The summed E-state index contributed by atoms with van der Waals surface area (Å²) in [6, 6.07) is -0.179. The van der Waals surface area contributed by atoms with Crippen molar-refractivity contribution >= 4 is 22.2 Å². The molecule has 1 aliphatic heterocycles. The van der Waals surface area contributed by atoms with E-state index in [9.17, 15) is 4.79 Å². The molecule has 1 atom stereocenters. The van der Waals surface area contributed by atoms with Gasteiger partial charge in [-0.05, 0) is 12.3 Å². The number of imidazole rings is 1. The van der Waals surface area contributed by atoms with Gasteiger partial charge >= 0.3 is 0 Å². The minimum absolute atomic E-state index is 0.171. The summed E-state index contributed by atoms with van der Waals surface area (Å²) in [6.45, 7) is 6.91. The number of fused-ring (bicyclic) bond motifs is 2. The number of aromatic nitrogens is 5. The van der Waals surface area contributed by atoms with Gasteiger partial charge < -0.3 is 15.2 Å². The molecule has 0 aromatic carbocycles. The molecule has 1 aliphatic rings. The Morgan fingerprint density at radius 1 is 1.38 bits per heavy atom. The second kappa shape index (κ2) is 7.16. The molecular weight excluding hydrogens is 350 g/mol. The summed E-state index contributed by atoms with van der Waals surface area (Å²) in [6.07, 6.45) is 5.33. The zero-order chi connectivity index (χ0) is 18.1. The van der Waals surface area contributed by atoms with Crippen LogP contribution in [0.15, 0.2) is 17.8 Å². The second-order valence-electron chi connectivity index (χ2n) is 7.00. The molecule has 0 saturated carbocycles. The molecule has 8 nitrogen and oxygen atoms in total. The van der Waals surface area contributed by atoms with Gasteiger partial charge in [0.1, 0.15) is 11.5 Å². The number of thiazole rings is 1.